The van der Waals surface area contributed by atoms with Gasteiger partial charge in [-0.15, -0.1) is 0 Å². The van der Waals surface area contributed by atoms with Gasteiger partial charge in [0.25, 0.3) is 0 Å². The van der Waals surface area contributed by atoms with Crippen molar-refractivity contribution in [3.8, 4) is 0 Å². The Labute approximate surface area is 184 Å². The number of ether oxygens (including phenoxy) is 3. The van der Waals surface area contributed by atoms with Gasteiger partial charge in [0.1, 0.15) is 11.2 Å². The lowest BCUT2D eigenvalue weighted by atomic mass is 9.84. The van der Waals surface area contributed by atoms with Crippen molar-refractivity contribution in [3.05, 3.63) is 35.5 Å². The number of benzene rings is 1. The van der Waals surface area contributed by atoms with Crippen molar-refractivity contribution in [1.82, 2.24) is 4.90 Å². The second-order valence-corrected chi connectivity index (χ2v) is 8.01. The highest BCUT2D eigenvalue weighted by Gasteiger charge is 2.63. The minimum atomic E-state index is -0.995. The van der Waals surface area contributed by atoms with Crippen LogP contribution in [0.25, 0.3) is 0 Å². The van der Waals surface area contributed by atoms with Gasteiger partial charge in [-0.05, 0) is 44.0 Å². The smallest absolute Gasteiger partial charge is 0.354 e. The first-order chi connectivity index (χ1) is 15.3. The highest BCUT2D eigenvalue weighted by molar-refractivity contribution is 6.07. The van der Waals surface area contributed by atoms with E-state index in [-0.39, 0.29) is 23.6 Å². The van der Waals surface area contributed by atoms with E-state index in [2.05, 4.69) is 20.3 Å². The first-order valence-corrected chi connectivity index (χ1v) is 10.3. The second kappa shape index (κ2) is 8.27. The number of methoxy groups -OCH3 is 3. The monoisotopic (exact) mass is 443 g/mol. The van der Waals surface area contributed by atoms with Crippen molar-refractivity contribution >= 4 is 35.2 Å². The topological polar surface area (TPSA) is 123 Å². The molecule has 0 aliphatic carbocycles. The Morgan fingerprint density at radius 1 is 1.19 bits per heavy atom. The zero-order valence-electron chi connectivity index (χ0n) is 18.1. The summed E-state index contributed by atoms with van der Waals surface area (Å²) < 4.78 is 14.4. The van der Waals surface area contributed by atoms with Crippen LogP contribution < -0.4 is 10.6 Å². The first-order valence-electron chi connectivity index (χ1n) is 10.3. The molecule has 1 aromatic rings. The highest BCUT2D eigenvalue weighted by Crippen LogP contribution is 2.54. The number of nitrogens with zero attached hydrogens (tertiary/aromatic N) is 1. The maximum atomic E-state index is 13.3. The minimum absolute atomic E-state index is 0.0689. The number of carbonyl (C=O) groups is 4. The molecule has 1 amide bonds. The zero-order valence-corrected chi connectivity index (χ0v) is 18.1. The summed E-state index contributed by atoms with van der Waals surface area (Å²) in [5, 5.41) is 5.82. The van der Waals surface area contributed by atoms with Gasteiger partial charge in [-0.3, -0.25) is 14.5 Å². The van der Waals surface area contributed by atoms with E-state index < -0.39 is 23.4 Å². The van der Waals surface area contributed by atoms with Crippen molar-refractivity contribution in [2.24, 2.45) is 5.92 Å². The Morgan fingerprint density at radius 2 is 1.97 bits per heavy atom. The molecule has 10 nitrogen and oxygen atoms in total. The molecule has 0 bridgehead atoms. The molecule has 2 fully saturated rings. The summed E-state index contributed by atoms with van der Waals surface area (Å²) in [5.41, 5.74) is 0.743. The van der Waals surface area contributed by atoms with Crippen molar-refractivity contribution < 1.29 is 33.4 Å². The zero-order chi connectivity index (χ0) is 23.0. The van der Waals surface area contributed by atoms with E-state index in [4.69, 9.17) is 9.47 Å². The largest absolute Gasteiger partial charge is 0.469 e. The van der Waals surface area contributed by atoms with Crippen LogP contribution in [-0.4, -0.2) is 62.6 Å². The quantitative estimate of drug-likeness (QED) is 0.392. The van der Waals surface area contributed by atoms with E-state index in [9.17, 15) is 19.2 Å². The van der Waals surface area contributed by atoms with Crippen LogP contribution in [0.5, 0.6) is 0 Å². The molecule has 1 aromatic carbocycles. The number of amides is 1. The summed E-state index contributed by atoms with van der Waals surface area (Å²) in [5.74, 6) is -2.36. The average molecular weight is 443 g/mol. The van der Waals surface area contributed by atoms with Crippen molar-refractivity contribution in [3.63, 3.8) is 0 Å². The number of esters is 3. The first kappa shape index (κ1) is 21.8. The van der Waals surface area contributed by atoms with E-state index >= 15 is 0 Å². The molecular weight excluding hydrogens is 418 g/mol. The van der Waals surface area contributed by atoms with Gasteiger partial charge in [-0.25, -0.2) is 9.59 Å². The van der Waals surface area contributed by atoms with E-state index in [1.54, 1.807) is 18.2 Å². The van der Waals surface area contributed by atoms with Crippen LogP contribution in [0.2, 0.25) is 0 Å². The van der Waals surface area contributed by atoms with Gasteiger partial charge in [-0.1, -0.05) is 0 Å². The van der Waals surface area contributed by atoms with Crippen LogP contribution in [0.1, 0.15) is 24.8 Å². The molecule has 3 aliphatic heterocycles. The Kier molecular flexibility index (Phi) is 5.64. The number of fused-ring (bicyclic) bond motifs is 4. The van der Waals surface area contributed by atoms with Crippen molar-refractivity contribution in [1.29, 1.82) is 0 Å². The number of hydrogen-bond acceptors (Lipinski definition) is 9. The predicted octanol–water partition coefficient (Wildman–Crippen LogP) is 1.13. The lowest BCUT2D eigenvalue weighted by Crippen LogP contribution is -2.47. The fraction of sp³-hybridized carbons (Fsp3) is 0.455. The van der Waals surface area contributed by atoms with Crippen LogP contribution in [0.15, 0.2) is 30.0 Å². The summed E-state index contributed by atoms with van der Waals surface area (Å²) >= 11 is 0. The number of nitrogens with one attached hydrogen (secondary N) is 2. The molecule has 2 N–H and O–H groups in total. The molecule has 170 valence electrons. The van der Waals surface area contributed by atoms with Crippen LogP contribution in [0.3, 0.4) is 0 Å². The van der Waals surface area contributed by atoms with Crippen LogP contribution in [-0.2, 0) is 38.9 Å². The van der Waals surface area contributed by atoms with E-state index in [1.807, 2.05) is 0 Å². The fourth-order valence-electron chi connectivity index (χ4n) is 5.15. The van der Waals surface area contributed by atoms with E-state index in [1.165, 1.54) is 21.3 Å². The predicted molar refractivity (Wildman–Crippen MR) is 112 cm³/mol. The highest BCUT2D eigenvalue weighted by atomic mass is 16.5. The summed E-state index contributed by atoms with van der Waals surface area (Å²) in [4.78, 5) is 51.6. The summed E-state index contributed by atoms with van der Waals surface area (Å²) in [6.45, 7) is 0.693. The number of carbonyl (C=O) groups excluding carboxylic acids is 4. The molecule has 0 saturated carbocycles. The van der Waals surface area contributed by atoms with Crippen molar-refractivity contribution in [2.75, 3.05) is 38.5 Å². The van der Waals surface area contributed by atoms with Gasteiger partial charge in [0.05, 0.1) is 33.3 Å². The molecule has 3 unspecified atom stereocenters. The third-order valence-corrected chi connectivity index (χ3v) is 6.51. The molecule has 0 radical (unpaired) electrons. The second-order valence-electron chi connectivity index (χ2n) is 8.01. The lowest BCUT2D eigenvalue weighted by Gasteiger charge is -2.33. The maximum absolute atomic E-state index is 13.3. The Bertz CT molecular complexity index is 1020. The lowest BCUT2D eigenvalue weighted by molar-refractivity contribution is -0.146. The SMILES string of the molecule is COC(=O)/C=C(/Nc1ccc2c(c1)C1(CC(C(=O)OC)C3CCCN31)C(=O)N2)C(=O)OC. The van der Waals surface area contributed by atoms with Crippen molar-refractivity contribution in [2.45, 2.75) is 30.8 Å². The molecule has 4 rings (SSSR count). The fourth-order valence-corrected chi connectivity index (χ4v) is 5.15. The summed E-state index contributed by atoms with van der Waals surface area (Å²) in [6, 6.07) is 5.10. The third-order valence-electron chi connectivity index (χ3n) is 6.51. The maximum Gasteiger partial charge on any atom is 0.354 e. The Balaban J connectivity index is 1.73. The van der Waals surface area contributed by atoms with Gasteiger partial charge in [0.15, 0.2) is 0 Å². The van der Waals surface area contributed by atoms with Gasteiger partial charge < -0.3 is 24.8 Å². The van der Waals surface area contributed by atoms with Gasteiger partial charge >= 0.3 is 17.9 Å². The van der Waals surface area contributed by atoms with E-state index in [0.29, 0.717) is 29.9 Å². The average Bonchev–Trinajstić information content (AvgIpc) is 3.47. The molecule has 0 aromatic heterocycles. The Morgan fingerprint density at radius 3 is 2.66 bits per heavy atom. The molecule has 3 atom stereocenters. The normalized spacial score (nSPS) is 26.3. The third kappa shape index (κ3) is 3.31. The molecule has 2 saturated heterocycles. The van der Waals surface area contributed by atoms with Crippen LogP contribution in [0, 0.1) is 5.92 Å². The number of anilines is 2. The molecule has 10 heteroatoms. The minimum Gasteiger partial charge on any atom is -0.469 e. The number of hydrogen-bond donors (Lipinski definition) is 2. The molecule has 3 aliphatic rings. The number of rotatable bonds is 5. The standard InChI is InChI=1S/C22H25N3O7/c1-30-18(26)10-16(20(28)32-3)23-12-6-7-15-14(9-12)22(21(29)24-15)11-13(19(27)31-2)17-5-4-8-25(17)22/h6-7,9-10,13,17,23H,4-5,8,11H2,1-3H3,(H,24,29)/b16-10+. The molecular formula is C22H25N3O7. The summed E-state index contributed by atoms with van der Waals surface area (Å²) in [6.07, 6.45) is 3.01. The van der Waals surface area contributed by atoms with Gasteiger partial charge in [0.2, 0.25) is 5.91 Å². The van der Waals surface area contributed by atoms with Crippen LogP contribution >= 0.6 is 0 Å². The van der Waals surface area contributed by atoms with Gasteiger partial charge in [-0.2, -0.15) is 0 Å². The molecule has 32 heavy (non-hydrogen) atoms. The molecule has 1 spiro atoms. The summed E-state index contributed by atoms with van der Waals surface area (Å²) in [7, 11) is 3.77. The van der Waals surface area contributed by atoms with Crippen LogP contribution in [0.4, 0.5) is 11.4 Å². The molecule has 3 heterocycles. The Hall–Kier alpha value is -3.40. The van der Waals surface area contributed by atoms with E-state index in [0.717, 1.165) is 18.9 Å². The van der Waals surface area contributed by atoms with Gasteiger partial charge in [0, 0.05) is 23.0 Å².